The van der Waals surface area contributed by atoms with Gasteiger partial charge in [0.25, 0.3) is 0 Å². The van der Waals surface area contributed by atoms with Gasteiger partial charge in [-0.1, -0.05) is 150 Å². The Morgan fingerprint density at radius 1 is 0.500 bits per heavy atom. The van der Waals surface area contributed by atoms with E-state index in [1.54, 1.807) is 0 Å². The largest absolute Gasteiger partial charge is 0.456 e. The number of para-hydroxylation sites is 1. The van der Waals surface area contributed by atoms with Crippen LogP contribution in [0.5, 0.6) is 11.5 Å². The van der Waals surface area contributed by atoms with Crippen molar-refractivity contribution >= 4 is 27.5 Å². The van der Waals surface area contributed by atoms with Gasteiger partial charge >= 0.3 is 0 Å². The third-order valence-electron chi connectivity index (χ3n) is 12.7. The topological polar surface area (TPSA) is 72.2 Å². The van der Waals surface area contributed by atoms with Gasteiger partial charge in [0.05, 0.1) is 23.3 Å². The highest BCUT2D eigenvalue weighted by Crippen LogP contribution is 2.43. The fourth-order valence-corrected chi connectivity index (χ4v) is 8.57. The molecule has 9 rings (SSSR count). The molecule has 4 heterocycles. The Morgan fingerprint density at radius 2 is 1.08 bits per heavy atom. The van der Waals surface area contributed by atoms with Crippen LogP contribution in [0.15, 0.2) is 134 Å². The maximum absolute atomic E-state index is 7.30. The first kappa shape index (κ1) is 44.4. The minimum Gasteiger partial charge on any atom is -0.456 e. The lowest BCUT2D eigenvalue weighted by atomic mass is 9.86. The summed E-state index contributed by atoms with van der Waals surface area (Å²) in [5.41, 5.74) is 10.3. The number of fused-ring (bicyclic) bond motifs is 3. The molecule has 0 saturated carbocycles. The van der Waals surface area contributed by atoms with Crippen molar-refractivity contribution in [1.82, 2.24) is 29.4 Å². The molecule has 0 aliphatic carbocycles. The van der Waals surface area contributed by atoms with Crippen molar-refractivity contribution in [3.63, 3.8) is 0 Å². The number of pyridine rings is 1. The summed E-state index contributed by atoms with van der Waals surface area (Å²) in [6.45, 7) is 27.6. The Balaban J connectivity index is 1.32. The Labute approximate surface area is 391 Å². The third kappa shape index (κ3) is 8.81. The van der Waals surface area contributed by atoms with Gasteiger partial charge in [-0.05, 0) is 80.3 Å². The molecule has 5 aromatic carbocycles. The Bertz CT molecular complexity index is 3060. The summed E-state index contributed by atoms with van der Waals surface area (Å²) in [7, 11) is 2.09. The number of benzene rings is 5. The number of hydrogen-bond donors (Lipinski definition) is 0. The van der Waals surface area contributed by atoms with Crippen LogP contribution in [-0.4, -0.2) is 43.1 Å². The molecular weight excluding hydrogens is 811 g/mol. The van der Waals surface area contributed by atoms with E-state index in [0.29, 0.717) is 23.2 Å². The van der Waals surface area contributed by atoms with E-state index in [9.17, 15) is 0 Å². The summed E-state index contributed by atoms with van der Waals surface area (Å²) >= 11 is 0. The SMILES string of the molecule is CN1C=CN(c2cc(Oc3cc4c(cc3-c3nc(-c5ccc(C(C)(C)C)cc5)nc(-c5ccc(C(C)(C)C)cc5)n3)c3ccccc3n4-c3cc(C(C)(C)C)ccn3)cc(C(C)(C)C)c2)C1. The monoisotopic (exact) mass is 874 g/mol. The number of hydrogen-bond acceptors (Lipinski definition) is 7. The fourth-order valence-electron chi connectivity index (χ4n) is 8.57. The highest BCUT2D eigenvalue weighted by Gasteiger charge is 2.25. The molecule has 0 amide bonds. The lowest BCUT2D eigenvalue weighted by Gasteiger charge is -2.25. The zero-order chi connectivity index (χ0) is 46.9. The molecule has 0 radical (unpaired) electrons. The predicted octanol–water partition coefficient (Wildman–Crippen LogP) is 14.5. The molecule has 0 fully saturated rings. The van der Waals surface area contributed by atoms with Gasteiger partial charge in [-0.25, -0.2) is 19.9 Å². The molecule has 66 heavy (non-hydrogen) atoms. The number of nitrogens with zero attached hydrogens (tertiary/aromatic N) is 7. The van der Waals surface area contributed by atoms with Gasteiger partial charge in [-0.3, -0.25) is 4.57 Å². The van der Waals surface area contributed by atoms with E-state index in [4.69, 9.17) is 24.7 Å². The first-order valence-corrected chi connectivity index (χ1v) is 23.1. The van der Waals surface area contributed by atoms with Gasteiger partial charge in [0.2, 0.25) is 0 Å². The van der Waals surface area contributed by atoms with Gasteiger partial charge in [0, 0.05) is 65.4 Å². The summed E-state index contributed by atoms with van der Waals surface area (Å²) in [6, 6.07) is 41.0. The van der Waals surface area contributed by atoms with Crippen LogP contribution in [0.4, 0.5) is 5.69 Å². The second-order valence-electron chi connectivity index (χ2n) is 22.1. The fraction of sp³-hybridized carbons (Fsp3) is 0.310. The molecule has 336 valence electrons. The van der Waals surface area contributed by atoms with Crippen molar-refractivity contribution < 1.29 is 4.74 Å². The van der Waals surface area contributed by atoms with E-state index < -0.39 is 0 Å². The summed E-state index contributed by atoms with van der Waals surface area (Å²) < 4.78 is 9.56. The van der Waals surface area contributed by atoms with Crippen molar-refractivity contribution in [2.45, 2.75) is 105 Å². The van der Waals surface area contributed by atoms with E-state index >= 15 is 0 Å². The quantitative estimate of drug-likeness (QED) is 0.158. The van der Waals surface area contributed by atoms with Crippen LogP contribution in [0.25, 0.3) is 61.8 Å². The highest BCUT2D eigenvalue weighted by molar-refractivity contribution is 6.11. The molecule has 0 saturated heterocycles. The minimum absolute atomic E-state index is 0.00168. The van der Waals surface area contributed by atoms with E-state index in [0.717, 1.165) is 62.4 Å². The Hall–Kier alpha value is -6.80. The third-order valence-corrected chi connectivity index (χ3v) is 12.7. The lowest BCUT2D eigenvalue weighted by molar-refractivity contribution is 0.478. The molecule has 8 heteroatoms. The standard InChI is InChI=1S/C58H63N7O/c1-55(2,3)39-22-18-37(19-23-39)52-60-53(38-20-24-40(25-21-38)56(4,5)6)62-54(61-52)47-34-46-45-16-14-15-17-48(45)65(51-32-41(26-27-59-51)57(7,8)9)49(46)35-50(47)66-44-31-42(58(10,11)12)30-43(33-44)64-29-28-63(13)36-64/h14-35H,36H2,1-13H3. The van der Waals surface area contributed by atoms with E-state index in [1.165, 1.54) is 22.3 Å². The molecule has 3 aromatic heterocycles. The zero-order valence-corrected chi connectivity index (χ0v) is 40.9. The van der Waals surface area contributed by atoms with Gasteiger partial charge in [0.1, 0.15) is 17.3 Å². The molecule has 0 atom stereocenters. The van der Waals surface area contributed by atoms with Crippen LogP contribution in [-0.2, 0) is 21.7 Å². The molecule has 1 aliphatic heterocycles. The Morgan fingerprint density at radius 3 is 1.64 bits per heavy atom. The number of rotatable bonds is 7. The van der Waals surface area contributed by atoms with Gasteiger partial charge in [-0.2, -0.15) is 0 Å². The number of ether oxygens (including phenoxy) is 1. The molecular formula is C58H63N7O. The van der Waals surface area contributed by atoms with E-state index in [2.05, 4.69) is 232 Å². The van der Waals surface area contributed by atoms with Gasteiger partial charge in [0.15, 0.2) is 17.5 Å². The van der Waals surface area contributed by atoms with Crippen LogP contribution < -0.4 is 9.64 Å². The smallest absolute Gasteiger partial charge is 0.167 e. The maximum Gasteiger partial charge on any atom is 0.167 e. The van der Waals surface area contributed by atoms with Crippen molar-refractivity contribution in [3.8, 4) is 51.5 Å². The van der Waals surface area contributed by atoms with Gasteiger partial charge < -0.3 is 14.5 Å². The molecule has 0 unspecified atom stereocenters. The maximum atomic E-state index is 7.30. The van der Waals surface area contributed by atoms with Crippen LogP contribution in [0.1, 0.15) is 105 Å². The van der Waals surface area contributed by atoms with E-state index in [1.807, 2.05) is 6.20 Å². The Kier molecular flexibility index (Phi) is 10.9. The molecule has 8 nitrogen and oxygen atoms in total. The highest BCUT2D eigenvalue weighted by atomic mass is 16.5. The summed E-state index contributed by atoms with van der Waals surface area (Å²) in [5, 5.41) is 2.13. The summed E-state index contributed by atoms with van der Waals surface area (Å²) in [5.74, 6) is 3.90. The molecule has 0 spiro atoms. The van der Waals surface area contributed by atoms with Crippen molar-refractivity contribution in [3.05, 3.63) is 156 Å². The van der Waals surface area contributed by atoms with Crippen molar-refractivity contribution in [2.75, 3.05) is 18.6 Å². The van der Waals surface area contributed by atoms with Crippen molar-refractivity contribution in [1.29, 1.82) is 0 Å². The van der Waals surface area contributed by atoms with Crippen molar-refractivity contribution in [2.24, 2.45) is 0 Å². The number of anilines is 1. The van der Waals surface area contributed by atoms with Crippen LogP contribution in [0.2, 0.25) is 0 Å². The first-order chi connectivity index (χ1) is 31.1. The second-order valence-corrected chi connectivity index (χ2v) is 22.1. The van der Waals surface area contributed by atoms with Crippen LogP contribution in [0.3, 0.4) is 0 Å². The first-order valence-electron chi connectivity index (χ1n) is 23.1. The summed E-state index contributed by atoms with van der Waals surface area (Å²) in [6.07, 6.45) is 6.14. The average molecular weight is 874 g/mol. The van der Waals surface area contributed by atoms with Crippen LogP contribution >= 0.6 is 0 Å². The summed E-state index contributed by atoms with van der Waals surface area (Å²) in [4.78, 5) is 25.3. The normalized spacial score (nSPS) is 13.7. The molecule has 0 bridgehead atoms. The average Bonchev–Trinajstić information content (AvgIpc) is 3.85. The molecule has 0 N–H and O–H groups in total. The van der Waals surface area contributed by atoms with Crippen LogP contribution in [0, 0.1) is 0 Å². The van der Waals surface area contributed by atoms with Gasteiger partial charge in [-0.15, -0.1) is 0 Å². The number of aromatic nitrogens is 5. The molecule has 8 aromatic rings. The van der Waals surface area contributed by atoms with E-state index in [-0.39, 0.29) is 21.7 Å². The minimum atomic E-state index is -0.143. The lowest BCUT2D eigenvalue weighted by Crippen LogP contribution is -2.22. The zero-order valence-electron chi connectivity index (χ0n) is 40.9. The molecule has 1 aliphatic rings. The second kappa shape index (κ2) is 16.3. The predicted molar refractivity (Wildman–Crippen MR) is 274 cm³/mol.